The lowest BCUT2D eigenvalue weighted by molar-refractivity contribution is 0.301. The average molecular weight is 223 g/mol. The number of likely N-dealkylation sites (N-methyl/N-ethyl adjacent to an activating group) is 1. The molecule has 4 heteroatoms. The van der Waals surface area contributed by atoms with Gasteiger partial charge in [-0.2, -0.15) is 0 Å². The van der Waals surface area contributed by atoms with Crippen LogP contribution in [0.15, 0.2) is 6.07 Å². The minimum absolute atomic E-state index is 0.127. The Morgan fingerprint density at radius 3 is 2.56 bits per heavy atom. The van der Waals surface area contributed by atoms with E-state index in [9.17, 15) is 0 Å². The van der Waals surface area contributed by atoms with E-state index in [1.807, 2.05) is 24.8 Å². The number of nitrogens with zero attached hydrogens (tertiary/aromatic N) is 3. The van der Waals surface area contributed by atoms with Gasteiger partial charge < -0.3 is 10.0 Å². The molecule has 90 valence electrons. The summed E-state index contributed by atoms with van der Waals surface area (Å²) >= 11 is 0. The van der Waals surface area contributed by atoms with Gasteiger partial charge in [-0.1, -0.05) is 13.8 Å². The molecule has 0 aliphatic heterocycles. The molecule has 0 aliphatic carbocycles. The molecule has 0 aliphatic rings. The first kappa shape index (κ1) is 12.9. The van der Waals surface area contributed by atoms with Crippen LogP contribution in [0.1, 0.15) is 38.1 Å². The molecule has 0 atom stereocenters. The maximum absolute atomic E-state index is 8.98. The van der Waals surface area contributed by atoms with E-state index in [0.29, 0.717) is 12.5 Å². The van der Waals surface area contributed by atoms with Crippen molar-refractivity contribution in [3.05, 3.63) is 17.5 Å². The first-order valence-electron chi connectivity index (χ1n) is 5.79. The summed E-state index contributed by atoms with van der Waals surface area (Å²) in [4.78, 5) is 10.9. The van der Waals surface area contributed by atoms with Crippen LogP contribution in [0.25, 0.3) is 0 Å². The van der Waals surface area contributed by atoms with Crippen LogP contribution in [0.3, 0.4) is 0 Å². The smallest absolute Gasteiger partial charge is 0.225 e. The quantitative estimate of drug-likeness (QED) is 0.826. The summed E-state index contributed by atoms with van der Waals surface area (Å²) in [5.74, 6) is 1.12. The van der Waals surface area contributed by atoms with Gasteiger partial charge in [0.2, 0.25) is 5.95 Å². The van der Waals surface area contributed by atoms with E-state index in [4.69, 9.17) is 5.11 Å². The fraction of sp³-hybridized carbons (Fsp3) is 0.667. The van der Waals surface area contributed by atoms with Crippen molar-refractivity contribution in [2.45, 2.75) is 33.6 Å². The number of aryl methyl sites for hydroxylation is 1. The molecule has 1 aromatic heterocycles. The molecular formula is C12H21N3O. The Morgan fingerprint density at radius 1 is 1.38 bits per heavy atom. The molecule has 0 radical (unpaired) electrons. The highest BCUT2D eigenvalue weighted by Crippen LogP contribution is 2.16. The summed E-state index contributed by atoms with van der Waals surface area (Å²) in [6.07, 6.45) is 0. The van der Waals surface area contributed by atoms with Gasteiger partial charge in [0, 0.05) is 24.5 Å². The van der Waals surface area contributed by atoms with Crippen LogP contribution in [0.4, 0.5) is 5.95 Å². The van der Waals surface area contributed by atoms with Gasteiger partial charge >= 0.3 is 0 Å². The highest BCUT2D eigenvalue weighted by atomic mass is 16.3. The minimum atomic E-state index is 0.127. The normalized spacial score (nSPS) is 10.9. The van der Waals surface area contributed by atoms with Gasteiger partial charge in [-0.15, -0.1) is 0 Å². The van der Waals surface area contributed by atoms with Gasteiger partial charge in [-0.3, -0.25) is 0 Å². The summed E-state index contributed by atoms with van der Waals surface area (Å²) in [5.41, 5.74) is 2.03. The number of hydrogen-bond acceptors (Lipinski definition) is 4. The zero-order chi connectivity index (χ0) is 12.1. The number of rotatable bonds is 5. The monoisotopic (exact) mass is 223 g/mol. The van der Waals surface area contributed by atoms with Crippen molar-refractivity contribution in [2.75, 3.05) is 24.6 Å². The SMILES string of the molecule is CCN(CCO)c1nc(C)cc(C(C)C)n1. The predicted octanol–water partition coefficient (Wildman–Crippen LogP) is 1.73. The van der Waals surface area contributed by atoms with Crippen LogP contribution in [-0.2, 0) is 0 Å². The van der Waals surface area contributed by atoms with Gasteiger partial charge in [-0.25, -0.2) is 9.97 Å². The van der Waals surface area contributed by atoms with Crippen molar-refractivity contribution < 1.29 is 5.11 Å². The number of aromatic nitrogens is 2. The molecule has 1 rings (SSSR count). The number of hydrogen-bond donors (Lipinski definition) is 1. The van der Waals surface area contributed by atoms with Crippen LogP contribution in [0.2, 0.25) is 0 Å². The van der Waals surface area contributed by atoms with Crippen molar-refractivity contribution in [3.63, 3.8) is 0 Å². The molecule has 4 nitrogen and oxygen atoms in total. The Hall–Kier alpha value is -1.16. The van der Waals surface area contributed by atoms with Crippen molar-refractivity contribution in [1.29, 1.82) is 0 Å². The van der Waals surface area contributed by atoms with Crippen molar-refractivity contribution in [2.24, 2.45) is 0 Å². The van der Waals surface area contributed by atoms with Crippen LogP contribution < -0.4 is 4.90 Å². The summed E-state index contributed by atoms with van der Waals surface area (Å²) in [6, 6.07) is 2.01. The van der Waals surface area contributed by atoms with E-state index in [0.717, 1.165) is 23.9 Å². The molecule has 0 fully saturated rings. The molecule has 0 saturated heterocycles. The summed E-state index contributed by atoms with van der Waals surface area (Å²) in [7, 11) is 0. The Bertz CT molecular complexity index is 339. The maximum atomic E-state index is 8.98. The van der Waals surface area contributed by atoms with Gasteiger partial charge in [0.1, 0.15) is 0 Å². The van der Waals surface area contributed by atoms with Gasteiger partial charge in [0.05, 0.1) is 6.61 Å². The molecular weight excluding hydrogens is 202 g/mol. The Labute approximate surface area is 97.3 Å². The standard InChI is InChI=1S/C12H21N3O/c1-5-15(6-7-16)12-13-10(4)8-11(14-12)9(2)3/h8-9,16H,5-7H2,1-4H3. The molecule has 0 amide bonds. The fourth-order valence-electron chi connectivity index (χ4n) is 1.53. The van der Waals surface area contributed by atoms with Crippen molar-refractivity contribution >= 4 is 5.95 Å². The highest BCUT2D eigenvalue weighted by Gasteiger charge is 2.10. The first-order valence-corrected chi connectivity index (χ1v) is 5.79. The van der Waals surface area contributed by atoms with Crippen molar-refractivity contribution in [1.82, 2.24) is 9.97 Å². The fourth-order valence-corrected chi connectivity index (χ4v) is 1.53. The minimum Gasteiger partial charge on any atom is -0.395 e. The van der Waals surface area contributed by atoms with Crippen LogP contribution in [0.5, 0.6) is 0 Å². The largest absolute Gasteiger partial charge is 0.395 e. The maximum Gasteiger partial charge on any atom is 0.225 e. The number of aliphatic hydroxyl groups excluding tert-OH is 1. The highest BCUT2D eigenvalue weighted by molar-refractivity contribution is 5.32. The molecule has 0 saturated carbocycles. The Kier molecular flexibility index (Phi) is 4.68. The molecule has 1 heterocycles. The van der Waals surface area contributed by atoms with Gasteiger partial charge in [-0.05, 0) is 25.8 Å². The average Bonchev–Trinajstić information content (AvgIpc) is 2.24. The van der Waals surface area contributed by atoms with Crippen LogP contribution in [-0.4, -0.2) is 34.8 Å². The summed E-state index contributed by atoms with van der Waals surface area (Å²) in [5, 5.41) is 8.98. The lowest BCUT2D eigenvalue weighted by Gasteiger charge is -2.21. The molecule has 1 aromatic rings. The lowest BCUT2D eigenvalue weighted by atomic mass is 10.1. The topological polar surface area (TPSA) is 49.2 Å². The van der Waals surface area contributed by atoms with E-state index < -0.39 is 0 Å². The number of anilines is 1. The van der Waals surface area contributed by atoms with E-state index in [1.54, 1.807) is 0 Å². The summed E-state index contributed by atoms with van der Waals surface area (Å²) in [6.45, 7) is 9.77. The summed E-state index contributed by atoms with van der Waals surface area (Å²) < 4.78 is 0. The second kappa shape index (κ2) is 5.80. The first-order chi connectivity index (χ1) is 7.58. The third-order valence-electron chi connectivity index (χ3n) is 2.49. The lowest BCUT2D eigenvalue weighted by Crippen LogP contribution is -2.28. The molecule has 0 unspecified atom stereocenters. The second-order valence-corrected chi connectivity index (χ2v) is 4.19. The second-order valence-electron chi connectivity index (χ2n) is 4.19. The van der Waals surface area contributed by atoms with E-state index in [2.05, 4.69) is 23.8 Å². The molecule has 0 spiro atoms. The Morgan fingerprint density at radius 2 is 2.06 bits per heavy atom. The van der Waals surface area contributed by atoms with E-state index in [1.165, 1.54) is 0 Å². The van der Waals surface area contributed by atoms with Gasteiger partial charge in [0.15, 0.2) is 0 Å². The zero-order valence-corrected chi connectivity index (χ0v) is 10.6. The van der Waals surface area contributed by atoms with E-state index >= 15 is 0 Å². The van der Waals surface area contributed by atoms with E-state index in [-0.39, 0.29) is 6.61 Å². The van der Waals surface area contributed by atoms with Crippen LogP contribution in [0, 0.1) is 6.92 Å². The molecule has 0 aromatic carbocycles. The third-order valence-corrected chi connectivity index (χ3v) is 2.49. The number of aliphatic hydroxyl groups is 1. The molecule has 16 heavy (non-hydrogen) atoms. The molecule has 0 bridgehead atoms. The third kappa shape index (κ3) is 3.17. The predicted molar refractivity (Wildman–Crippen MR) is 65.8 cm³/mol. The Balaban J connectivity index is 3.02. The van der Waals surface area contributed by atoms with Gasteiger partial charge in [0.25, 0.3) is 0 Å². The zero-order valence-electron chi connectivity index (χ0n) is 10.6. The molecule has 1 N–H and O–H groups in total. The van der Waals surface area contributed by atoms with Crippen LogP contribution >= 0.6 is 0 Å². The van der Waals surface area contributed by atoms with Crippen molar-refractivity contribution in [3.8, 4) is 0 Å².